The molecule has 0 radical (unpaired) electrons. The Kier molecular flexibility index (Phi) is 13.5. The summed E-state index contributed by atoms with van der Waals surface area (Å²) in [5.74, 6) is 0.379. The van der Waals surface area contributed by atoms with Gasteiger partial charge in [0.25, 0.3) is 0 Å². The van der Waals surface area contributed by atoms with Gasteiger partial charge in [0.1, 0.15) is 5.78 Å². The summed E-state index contributed by atoms with van der Waals surface area (Å²) in [5.41, 5.74) is 0. The summed E-state index contributed by atoms with van der Waals surface area (Å²) in [6, 6.07) is 0. The first-order chi connectivity index (χ1) is 10.0. The first kappa shape index (κ1) is 20.1. The summed E-state index contributed by atoms with van der Waals surface area (Å²) in [6.07, 6.45) is 13.0. The van der Waals surface area contributed by atoms with Gasteiger partial charge in [-0.15, -0.1) is 0 Å². The van der Waals surface area contributed by atoms with E-state index in [1.54, 1.807) is 0 Å². The van der Waals surface area contributed by atoms with Gasteiger partial charge in [-0.2, -0.15) is 0 Å². The van der Waals surface area contributed by atoms with E-state index in [2.05, 4.69) is 13.8 Å². The number of ketones is 1. The molecule has 0 aliphatic carbocycles. The van der Waals surface area contributed by atoms with Crippen LogP contribution in [0.4, 0.5) is 0 Å². The number of carbonyl (C=O) groups excluding carboxylic acids is 1. The van der Waals surface area contributed by atoms with E-state index in [4.69, 9.17) is 5.11 Å². The molecular formula is C18H34O3. The van der Waals surface area contributed by atoms with Gasteiger partial charge >= 0.3 is 5.97 Å². The number of unbranched alkanes of at least 4 members (excludes halogenated alkanes) is 8. The van der Waals surface area contributed by atoms with Crippen molar-refractivity contribution >= 4 is 11.8 Å². The van der Waals surface area contributed by atoms with Gasteiger partial charge < -0.3 is 5.11 Å². The van der Waals surface area contributed by atoms with Crippen LogP contribution in [0.15, 0.2) is 0 Å². The molecular weight excluding hydrogens is 264 g/mol. The van der Waals surface area contributed by atoms with Crippen molar-refractivity contribution in [1.82, 2.24) is 0 Å². The summed E-state index contributed by atoms with van der Waals surface area (Å²) in [5, 5.41) is 8.51. The fourth-order valence-electron chi connectivity index (χ4n) is 2.41. The number of rotatable bonds is 15. The van der Waals surface area contributed by atoms with E-state index < -0.39 is 5.97 Å². The molecule has 3 nitrogen and oxygen atoms in total. The largest absolute Gasteiger partial charge is 0.481 e. The lowest BCUT2D eigenvalue weighted by Crippen LogP contribution is -2.00. The maximum absolute atomic E-state index is 11.6. The number of carboxylic acid groups (broad SMARTS) is 1. The van der Waals surface area contributed by atoms with Crippen LogP contribution in [0.5, 0.6) is 0 Å². The minimum absolute atomic E-state index is 0.310. The molecule has 0 unspecified atom stereocenters. The Morgan fingerprint density at radius 2 is 1.14 bits per heavy atom. The fraction of sp³-hybridized carbons (Fsp3) is 0.889. The lowest BCUT2D eigenvalue weighted by molar-refractivity contribution is -0.137. The molecule has 3 heteroatoms. The third-order valence-corrected chi connectivity index (χ3v) is 3.85. The second kappa shape index (κ2) is 14.1. The van der Waals surface area contributed by atoms with Crippen molar-refractivity contribution in [3.05, 3.63) is 0 Å². The van der Waals surface area contributed by atoms with Crippen LogP contribution in [0.25, 0.3) is 0 Å². The Morgan fingerprint density at radius 1 is 0.714 bits per heavy atom. The highest BCUT2D eigenvalue weighted by molar-refractivity contribution is 5.78. The maximum atomic E-state index is 11.6. The Balaban J connectivity index is 3.15. The van der Waals surface area contributed by atoms with Gasteiger partial charge in [-0.05, 0) is 25.2 Å². The van der Waals surface area contributed by atoms with E-state index in [9.17, 15) is 9.59 Å². The van der Waals surface area contributed by atoms with Crippen LogP contribution in [-0.2, 0) is 9.59 Å². The summed E-state index contributed by atoms with van der Waals surface area (Å²) >= 11 is 0. The standard InChI is InChI=1S/C18H34O3/c1-16(2)14-15-17(19)12-10-8-6-4-3-5-7-9-11-13-18(20)21/h16H,3-15H2,1-2H3,(H,20,21). The van der Waals surface area contributed by atoms with Crippen molar-refractivity contribution in [3.8, 4) is 0 Å². The second-order valence-electron chi connectivity index (χ2n) is 6.55. The zero-order chi connectivity index (χ0) is 15.9. The number of hydrogen-bond donors (Lipinski definition) is 1. The van der Waals surface area contributed by atoms with Gasteiger partial charge in [-0.3, -0.25) is 9.59 Å². The number of hydrogen-bond acceptors (Lipinski definition) is 2. The summed E-state index contributed by atoms with van der Waals surface area (Å²) < 4.78 is 0. The number of carboxylic acids is 1. The molecule has 124 valence electrons. The van der Waals surface area contributed by atoms with Crippen LogP contribution in [0.1, 0.15) is 97.3 Å². The van der Waals surface area contributed by atoms with Crippen LogP contribution in [-0.4, -0.2) is 16.9 Å². The predicted octanol–water partition coefficient (Wildman–Crippen LogP) is 5.37. The van der Waals surface area contributed by atoms with Gasteiger partial charge in [0.05, 0.1) is 0 Å². The molecule has 0 amide bonds. The smallest absolute Gasteiger partial charge is 0.303 e. The molecule has 0 saturated carbocycles. The second-order valence-corrected chi connectivity index (χ2v) is 6.55. The topological polar surface area (TPSA) is 54.4 Å². The van der Waals surface area contributed by atoms with E-state index in [-0.39, 0.29) is 0 Å². The van der Waals surface area contributed by atoms with Crippen molar-refractivity contribution in [2.24, 2.45) is 5.92 Å². The van der Waals surface area contributed by atoms with E-state index in [1.165, 1.54) is 32.1 Å². The lowest BCUT2D eigenvalue weighted by atomic mass is 10.0. The van der Waals surface area contributed by atoms with Crippen LogP contribution < -0.4 is 0 Å². The number of aliphatic carboxylic acids is 1. The maximum Gasteiger partial charge on any atom is 0.303 e. The molecule has 0 aromatic rings. The Labute approximate surface area is 130 Å². The Hall–Kier alpha value is -0.860. The van der Waals surface area contributed by atoms with Crippen LogP contribution in [0.3, 0.4) is 0 Å². The predicted molar refractivity (Wildman–Crippen MR) is 87.5 cm³/mol. The third-order valence-electron chi connectivity index (χ3n) is 3.85. The highest BCUT2D eigenvalue weighted by Crippen LogP contribution is 2.13. The number of Topliss-reactive ketones (excluding diaryl/α,β-unsaturated/α-hetero) is 1. The normalized spacial score (nSPS) is 11.0. The molecule has 0 aromatic carbocycles. The first-order valence-corrected chi connectivity index (χ1v) is 8.76. The Morgan fingerprint density at radius 3 is 1.57 bits per heavy atom. The molecule has 0 spiro atoms. The fourth-order valence-corrected chi connectivity index (χ4v) is 2.41. The average molecular weight is 298 g/mol. The molecule has 0 rings (SSSR count). The molecule has 0 aromatic heterocycles. The highest BCUT2D eigenvalue weighted by atomic mass is 16.4. The zero-order valence-corrected chi connectivity index (χ0v) is 14.0. The zero-order valence-electron chi connectivity index (χ0n) is 14.0. The van der Waals surface area contributed by atoms with Crippen molar-refractivity contribution in [3.63, 3.8) is 0 Å². The molecule has 0 aliphatic heterocycles. The van der Waals surface area contributed by atoms with Gasteiger partial charge in [0.15, 0.2) is 0 Å². The third kappa shape index (κ3) is 17.1. The highest BCUT2D eigenvalue weighted by Gasteiger charge is 2.03. The molecule has 0 heterocycles. The van der Waals surface area contributed by atoms with E-state index in [1.807, 2.05) is 0 Å². The van der Waals surface area contributed by atoms with Gasteiger partial charge in [-0.25, -0.2) is 0 Å². The van der Waals surface area contributed by atoms with Crippen molar-refractivity contribution in [2.75, 3.05) is 0 Å². The quantitative estimate of drug-likeness (QED) is 0.414. The first-order valence-electron chi connectivity index (χ1n) is 8.76. The molecule has 0 aliphatic rings. The molecule has 21 heavy (non-hydrogen) atoms. The minimum Gasteiger partial charge on any atom is -0.481 e. The summed E-state index contributed by atoms with van der Waals surface area (Å²) in [7, 11) is 0. The van der Waals surface area contributed by atoms with Crippen molar-refractivity contribution in [2.45, 2.75) is 97.3 Å². The minimum atomic E-state index is -0.682. The van der Waals surface area contributed by atoms with Crippen LogP contribution >= 0.6 is 0 Å². The lowest BCUT2D eigenvalue weighted by Gasteiger charge is -2.04. The molecule has 1 N–H and O–H groups in total. The van der Waals surface area contributed by atoms with E-state index in [0.29, 0.717) is 18.1 Å². The van der Waals surface area contributed by atoms with E-state index in [0.717, 1.165) is 44.9 Å². The van der Waals surface area contributed by atoms with Gasteiger partial charge in [0.2, 0.25) is 0 Å². The van der Waals surface area contributed by atoms with E-state index >= 15 is 0 Å². The number of carbonyl (C=O) groups is 2. The van der Waals surface area contributed by atoms with Gasteiger partial charge in [0, 0.05) is 19.3 Å². The average Bonchev–Trinajstić information content (AvgIpc) is 2.42. The monoisotopic (exact) mass is 298 g/mol. The molecule has 0 fully saturated rings. The van der Waals surface area contributed by atoms with Crippen LogP contribution in [0.2, 0.25) is 0 Å². The van der Waals surface area contributed by atoms with Gasteiger partial charge in [-0.1, -0.05) is 58.8 Å². The van der Waals surface area contributed by atoms with Crippen molar-refractivity contribution in [1.29, 1.82) is 0 Å². The molecule has 0 saturated heterocycles. The molecule has 0 bridgehead atoms. The van der Waals surface area contributed by atoms with Crippen LogP contribution in [0, 0.1) is 5.92 Å². The van der Waals surface area contributed by atoms with Crippen molar-refractivity contribution < 1.29 is 14.7 Å². The summed E-state index contributed by atoms with van der Waals surface area (Å²) in [4.78, 5) is 21.9. The SMILES string of the molecule is CC(C)CCC(=O)CCCCCCCCCCCC(=O)O. The summed E-state index contributed by atoms with van der Waals surface area (Å²) in [6.45, 7) is 4.32. The molecule has 0 atom stereocenters. The Bertz CT molecular complexity index is 272.